The van der Waals surface area contributed by atoms with Crippen molar-refractivity contribution < 1.29 is 9.90 Å². The number of anilines is 1. The predicted molar refractivity (Wildman–Crippen MR) is 91.8 cm³/mol. The van der Waals surface area contributed by atoms with E-state index < -0.39 is 5.97 Å². The van der Waals surface area contributed by atoms with Crippen LogP contribution in [0.3, 0.4) is 0 Å². The predicted octanol–water partition coefficient (Wildman–Crippen LogP) is 2.65. The highest BCUT2D eigenvalue weighted by Gasteiger charge is 2.30. The standard InChI is InChI=1S/C18H22N4O2/c1-3-15-9-16(21-17(20-15)13-4-6-19-7-5-13)22-10-12(2)8-14(11-22)18(23)24/h4-7,9,12,14H,3,8,10-11H2,1-2H3,(H,23,24). The Hall–Kier alpha value is -2.50. The minimum absolute atomic E-state index is 0.323. The van der Waals surface area contributed by atoms with Gasteiger partial charge in [-0.25, -0.2) is 9.97 Å². The highest BCUT2D eigenvalue weighted by Crippen LogP contribution is 2.27. The second-order valence-corrected chi connectivity index (χ2v) is 6.41. The van der Waals surface area contributed by atoms with Crippen LogP contribution in [-0.4, -0.2) is 39.1 Å². The number of aliphatic carboxylic acids is 1. The maximum atomic E-state index is 11.4. The Morgan fingerprint density at radius 3 is 2.71 bits per heavy atom. The molecule has 3 rings (SSSR count). The average Bonchev–Trinajstić information content (AvgIpc) is 2.61. The molecule has 2 unspecified atom stereocenters. The molecule has 0 spiro atoms. The highest BCUT2D eigenvalue weighted by atomic mass is 16.4. The van der Waals surface area contributed by atoms with E-state index in [2.05, 4.69) is 28.7 Å². The summed E-state index contributed by atoms with van der Waals surface area (Å²) in [5, 5.41) is 9.39. The van der Waals surface area contributed by atoms with Crippen molar-refractivity contribution in [1.29, 1.82) is 0 Å². The monoisotopic (exact) mass is 326 g/mol. The second-order valence-electron chi connectivity index (χ2n) is 6.41. The summed E-state index contributed by atoms with van der Waals surface area (Å²) in [5.41, 5.74) is 1.87. The van der Waals surface area contributed by atoms with Crippen LogP contribution in [0.5, 0.6) is 0 Å². The van der Waals surface area contributed by atoms with Crippen LogP contribution in [0.2, 0.25) is 0 Å². The molecule has 1 aliphatic heterocycles. The van der Waals surface area contributed by atoms with Gasteiger partial charge in [-0.3, -0.25) is 9.78 Å². The van der Waals surface area contributed by atoms with Crippen LogP contribution < -0.4 is 4.90 Å². The van der Waals surface area contributed by atoms with Crippen LogP contribution in [-0.2, 0) is 11.2 Å². The third kappa shape index (κ3) is 3.53. The molecule has 2 atom stereocenters. The molecule has 0 radical (unpaired) electrons. The molecule has 0 amide bonds. The van der Waals surface area contributed by atoms with Gasteiger partial charge in [-0.1, -0.05) is 13.8 Å². The van der Waals surface area contributed by atoms with Crippen LogP contribution in [0.25, 0.3) is 11.4 Å². The fourth-order valence-corrected chi connectivity index (χ4v) is 3.17. The first kappa shape index (κ1) is 16.4. The molecule has 6 heteroatoms. The third-order valence-electron chi connectivity index (χ3n) is 4.40. The van der Waals surface area contributed by atoms with Crippen LogP contribution in [0, 0.1) is 11.8 Å². The summed E-state index contributed by atoms with van der Waals surface area (Å²) in [4.78, 5) is 26.8. The van der Waals surface area contributed by atoms with E-state index in [1.54, 1.807) is 12.4 Å². The van der Waals surface area contributed by atoms with E-state index in [4.69, 9.17) is 4.98 Å². The van der Waals surface area contributed by atoms with Gasteiger partial charge in [-0.05, 0) is 30.9 Å². The molecule has 126 valence electrons. The molecule has 2 aromatic heterocycles. The topological polar surface area (TPSA) is 79.2 Å². The van der Waals surface area contributed by atoms with Crippen molar-refractivity contribution in [3.05, 3.63) is 36.3 Å². The van der Waals surface area contributed by atoms with E-state index in [9.17, 15) is 9.90 Å². The van der Waals surface area contributed by atoms with Gasteiger partial charge in [0.25, 0.3) is 0 Å². The molecular formula is C18H22N4O2. The van der Waals surface area contributed by atoms with Crippen molar-refractivity contribution in [1.82, 2.24) is 15.0 Å². The fourth-order valence-electron chi connectivity index (χ4n) is 3.17. The number of carbonyl (C=O) groups is 1. The molecular weight excluding hydrogens is 304 g/mol. The van der Waals surface area contributed by atoms with Gasteiger partial charge in [0.2, 0.25) is 0 Å². The molecule has 0 aromatic carbocycles. The number of hydrogen-bond acceptors (Lipinski definition) is 5. The Morgan fingerprint density at radius 2 is 2.04 bits per heavy atom. The van der Waals surface area contributed by atoms with Crippen molar-refractivity contribution in [2.24, 2.45) is 11.8 Å². The summed E-state index contributed by atoms with van der Waals surface area (Å²) in [6, 6.07) is 5.75. The summed E-state index contributed by atoms with van der Waals surface area (Å²) >= 11 is 0. The summed E-state index contributed by atoms with van der Waals surface area (Å²) in [6.07, 6.45) is 4.97. The van der Waals surface area contributed by atoms with Gasteiger partial charge in [-0.15, -0.1) is 0 Å². The molecule has 0 bridgehead atoms. The smallest absolute Gasteiger partial charge is 0.308 e. The minimum Gasteiger partial charge on any atom is -0.481 e. The van der Waals surface area contributed by atoms with Crippen molar-refractivity contribution in [2.45, 2.75) is 26.7 Å². The quantitative estimate of drug-likeness (QED) is 0.930. The van der Waals surface area contributed by atoms with Gasteiger partial charge in [0.15, 0.2) is 5.82 Å². The number of carboxylic acids is 1. The molecule has 2 aromatic rings. The molecule has 0 aliphatic carbocycles. The highest BCUT2D eigenvalue weighted by molar-refractivity contribution is 5.71. The lowest BCUT2D eigenvalue weighted by atomic mass is 9.90. The zero-order valence-corrected chi connectivity index (χ0v) is 14.0. The largest absolute Gasteiger partial charge is 0.481 e. The Labute approximate surface area is 141 Å². The zero-order valence-electron chi connectivity index (χ0n) is 14.0. The molecule has 6 nitrogen and oxygen atoms in total. The van der Waals surface area contributed by atoms with Crippen LogP contribution in [0.1, 0.15) is 26.0 Å². The van der Waals surface area contributed by atoms with Gasteiger partial charge < -0.3 is 10.0 Å². The lowest BCUT2D eigenvalue weighted by Gasteiger charge is -2.35. The summed E-state index contributed by atoms with van der Waals surface area (Å²) in [5.74, 6) is 0.719. The minimum atomic E-state index is -0.731. The second kappa shape index (κ2) is 6.95. The number of carboxylic acid groups (broad SMARTS) is 1. The number of nitrogens with zero attached hydrogens (tertiary/aromatic N) is 4. The van der Waals surface area contributed by atoms with Gasteiger partial charge >= 0.3 is 5.97 Å². The van der Waals surface area contributed by atoms with Crippen LogP contribution in [0.15, 0.2) is 30.6 Å². The number of pyridine rings is 1. The van der Waals surface area contributed by atoms with Gasteiger partial charge in [-0.2, -0.15) is 0 Å². The van der Waals surface area contributed by atoms with Gasteiger partial charge in [0, 0.05) is 42.8 Å². The molecule has 3 heterocycles. The lowest BCUT2D eigenvalue weighted by molar-refractivity contribution is -0.142. The van der Waals surface area contributed by atoms with Crippen molar-refractivity contribution >= 4 is 11.8 Å². The summed E-state index contributed by atoms with van der Waals surface area (Å²) in [6.45, 7) is 5.46. The van der Waals surface area contributed by atoms with Crippen molar-refractivity contribution in [3.8, 4) is 11.4 Å². The maximum Gasteiger partial charge on any atom is 0.308 e. The molecule has 1 saturated heterocycles. The van der Waals surface area contributed by atoms with Gasteiger partial charge in [0.05, 0.1) is 5.92 Å². The van der Waals surface area contributed by atoms with E-state index in [0.717, 1.165) is 36.5 Å². The first-order valence-electron chi connectivity index (χ1n) is 8.33. The van der Waals surface area contributed by atoms with E-state index >= 15 is 0 Å². The number of rotatable bonds is 4. The Balaban J connectivity index is 1.96. The van der Waals surface area contributed by atoms with Gasteiger partial charge in [0.1, 0.15) is 5.82 Å². The van der Waals surface area contributed by atoms with Crippen LogP contribution >= 0.6 is 0 Å². The van der Waals surface area contributed by atoms with E-state index in [1.807, 2.05) is 18.2 Å². The average molecular weight is 326 g/mol. The first-order valence-corrected chi connectivity index (χ1v) is 8.33. The third-order valence-corrected chi connectivity index (χ3v) is 4.40. The Bertz CT molecular complexity index is 720. The Kier molecular flexibility index (Phi) is 4.74. The number of piperidine rings is 1. The molecule has 1 aliphatic rings. The SMILES string of the molecule is CCc1cc(N2CC(C)CC(C(=O)O)C2)nc(-c2ccncc2)n1. The lowest BCUT2D eigenvalue weighted by Crippen LogP contribution is -2.43. The van der Waals surface area contributed by atoms with Crippen LogP contribution in [0.4, 0.5) is 5.82 Å². The summed E-state index contributed by atoms with van der Waals surface area (Å²) < 4.78 is 0. The molecule has 24 heavy (non-hydrogen) atoms. The maximum absolute atomic E-state index is 11.4. The van der Waals surface area contributed by atoms with Crippen molar-refractivity contribution in [3.63, 3.8) is 0 Å². The molecule has 0 saturated carbocycles. The molecule has 1 fully saturated rings. The van der Waals surface area contributed by atoms with E-state index in [1.165, 1.54) is 0 Å². The van der Waals surface area contributed by atoms with Crippen molar-refractivity contribution in [2.75, 3.05) is 18.0 Å². The van der Waals surface area contributed by atoms with E-state index in [-0.39, 0.29) is 5.92 Å². The fraction of sp³-hybridized carbons (Fsp3) is 0.444. The zero-order chi connectivity index (χ0) is 17.1. The number of hydrogen-bond donors (Lipinski definition) is 1. The molecule has 1 N–H and O–H groups in total. The summed E-state index contributed by atoms with van der Waals surface area (Å²) in [7, 11) is 0. The number of aromatic nitrogens is 3. The normalized spacial score (nSPS) is 20.8. The van der Waals surface area contributed by atoms with E-state index in [0.29, 0.717) is 18.3 Å². The number of aryl methyl sites for hydroxylation is 1. The Morgan fingerprint density at radius 1 is 1.29 bits per heavy atom. The first-order chi connectivity index (χ1) is 11.6.